The number of ether oxygens (including phenoxy) is 1. The molecule has 2 aliphatic rings. The van der Waals surface area contributed by atoms with Gasteiger partial charge in [0.2, 0.25) is 0 Å². The number of likely N-dealkylation sites (tertiary alicyclic amines) is 1. The highest BCUT2D eigenvalue weighted by atomic mass is 16.5. The van der Waals surface area contributed by atoms with Crippen molar-refractivity contribution >= 4 is 5.91 Å². The third kappa shape index (κ3) is 2.08. The van der Waals surface area contributed by atoms with Crippen molar-refractivity contribution in [3.05, 3.63) is 30.2 Å². The van der Waals surface area contributed by atoms with Crippen molar-refractivity contribution < 1.29 is 14.1 Å². The second-order valence-electron chi connectivity index (χ2n) is 5.32. The molecule has 5 nitrogen and oxygen atoms in total. The highest BCUT2D eigenvalue weighted by Crippen LogP contribution is 2.40. The first-order valence-corrected chi connectivity index (χ1v) is 6.65. The second-order valence-corrected chi connectivity index (χ2v) is 5.32. The Labute approximate surface area is 112 Å². The number of rotatable bonds is 4. The second kappa shape index (κ2) is 4.81. The molecule has 19 heavy (non-hydrogen) atoms. The zero-order valence-corrected chi connectivity index (χ0v) is 11.0. The smallest absolute Gasteiger partial charge is 0.259 e. The highest BCUT2D eigenvalue weighted by Gasteiger charge is 2.47. The van der Waals surface area contributed by atoms with Gasteiger partial charge in [-0.3, -0.25) is 4.79 Å². The Kier molecular flexibility index (Phi) is 3.14. The Morgan fingerprint density at radius 3 is 3.16 bits per heavy atom. The van der Waals surface area contributed by atoms with Crippen LogP contribution in [0.4, 0.5) is 0 Å². The van der Waals surface area contributed by atoms with Crippen molar-refractivity contribution in [1.82, 2.24) is 10.1 Å². The quantitative estimate of drug-likeness (QED) is 0.776. The van der Waals surface area contributed by atoms with Gasteiger partial charge >= 0.3 is 0 Å². The van der Waals surface area contributed by atoms with E-state index < -0.39 is 0 Å². The maximum absolute atomic E-state index is 12.5. The standard InChI is InChI=1S/C14H18N2O3/c1-3-4-18-13-6-10-5-12(13)16(8-10)14(17)11-7-15-19-9(11)2/h3,7,10,12-13H,1,4-6,8H2,2H3. The Morgan fingerprint density at radius 2 is 2.53 bits per heavy atom. The summed E-state index contributed by atoms with van der Waals surface area (Å²) in [5.41, 5.74) is 0.565. The maximum atomic E-state index is 12.5. The van der Waals surface area contributed by atoms with Gasteiger partial charge in [-0.2, -0.15) is 0 Å². The van der Waals surface area contributed by atoms with E-state index in [4.69, 9.17) is 9.26 Å². The Hall–Kier alpha value is -1.62. The van der Waals surface area contributed by atoms with Crippen LogP contribution in [0.1, 0.15) is 29.0 Å². The van der Waals surface area contributed by atoms with Crippen molar-refractivity contribution in [2.75, 3.05) is 13.2 Å². The summed E-state index contributed by atoms with van der Waals surface area (Å²) in [6.07, 6.45) is 5.48. The molecule has 1 amide bonds. The predicted octanol–water partition coefficient (Wildman–Crippen LogP) is 1.79. The molecule has 3 rings (SSSR count). The number of carbonyl (C=O) groups is 1. The van der Waals surface area contributed by atoms with E-state index in [9.17, 15) is 4.79 Å². The lowest BCUT2D eigenvalue weighted by Crippen LogP contribution is -2.45. The van der Waals surface area contributed by atoms with Gasteiger partial charge in [0.25, 0.3) is 5.91 Å². The number of carbonyl (C=O) groups excluding carboxylic acids is 1. The topological polar surface area (TPSA) is 55.6 Å². The summed E-state index contributed by atoms with van der Waals surface area (Å²) < 4.78 is 10.7. The first-order valence-electron chi connectivity index (χ1n) is 6.65. The van der Waals surface area contributed by atoms with Crippen molar-refractivity contribution in [3.63, 3.8) is 0 Å². The summed E-state index contributed by atoms with van der Waals surface area (Å²) >= 11 is 0. The molecule has 2 bridgehead atoms. The van der Waals surface area contributed by atoms with Crippen LogP contribution < -0.4 is 0 Å². The van der Waals surface area contributed by atoms with Crippen LogP contribution in [0.3, 0.4) is 0 Å². The van der Waals surface area contributed by atoms with Crippen molar-refractivity contribution in [2.24, 2.45) is 5.92 Å². The molecule has 1 saturated heterocycles. The number of hydrogen-bond acceptors (Lipinski definition) is 4. The minimum absolute atomic E-state index is 0.0122. The molecule has 2 fully saturated rings. The fourth-order valence-corrected chi connectivity index (χ4v) is 3.23. The average Bonchev–Trinajstić information content (AvgIpc) is 3.09. The van der Waals surface area contributed by atoms with Crippen LogP contribution in [0.5, 0.6) is 0 Å². The lowest BCUT2D eigenvalue weighted by Gasteiger charge is -2.32. The van der Waals surface area contributed by atoms with Gasteiger partial charge in [-0.25, -0.2) is 0 Å². The van der Waals surface area contributed by atoms with E-state index in [0.29, 0.717) is 23.8 Å². The zero-order valence-electron chi connectivity index (χ0n) is 11.0. The number of piperidine rings is 1. The van der Waals surface area contributed by atoms with Crippen LogP contribution in [0, 0.1) is 12.8 Å². The molecule has 3 atom stereocenters. The molecule has 1 saturated carbocycles. The Balaban J connectivity index is 1.74. The average molecular weight is 262 g/mol. The molecule has 1 aliphatic heterocycles. The van der Waals surface area contributed by atoms with E-state index in [0.717, 1.165) is 19.4 Å². The Bertz CT molecular complexity index is 497. The lowest BCUT2D eigenvalue weighted by molar-refractivity contribution is 0.00461. The fraction of sp³-hybridized carbons (Fsp3) is 0.571. The number of hydrogen-bond donors (Lipinski definition) is 0. The van der Waals surface area contributed by atoms with Crippen LogP contribution in [0.25, 0.3) is 0 Å². The van der Waals surface area contributed by atoms with E-state index >= 15 is 0 Å². The highest BCUT2D eigenvalue weighted by molar-refractivity contribution is 5.95. The third-order valence-corrected chi connectivity index (χ3v) is 4.10. The normalized spacial score (nSPS) is 28.9. The van der Waals surface area contributed by atoms with Gasteiger partial charge in [0, 0.05) is 6.54 Å². The van der Waals surface area contributed by atoms with Crippen molar-refractivity contribution in [2.45, 2.75) is 31.9 Å². The van der Waals surface area contributed by atoms with Crippen molar-refractivity contribution in [3.8, 4) is 0 Å². The van der Waals surface area contributed by atoms with Gasteiger partial charge in [0.15, 0.2) is 0 Å². The predicted molar refractivity (Wildman–Crippen MR) is 68.7 cm³/mol. The molecule has 5 heteroatoms. The van der Waals surface area contributed by atoms with Gasteiger partial charge < -0.3 is 14.2 Å². The summed E-state index contributed by atoms with van der Waals surface area (Å²) in [5.74, 6) is 1.15. The van der Waals surface area contributed by atoms with Crippen LogP contribution in [-0.2, 0) is 4.74 Å². The van der Waals surface area contributed by atoms with Gasteiger partial charge in [0.05, 0.1) is 24.9 Å². The van der Waals surface area contributed by atoms with Gasteiger partial charge in [0.1, 0.15) is 11.3 Å². The molecule has 1 aromatic rings. The number of nitrogens with zero attached hydrogens (tertiary/aromatic N) is 2. The van der Waals surface area contributed by atoms with Crippen LogP contribution in [0.2, 0.25) is 0 Å². The lowest BCUT2D eigenvalue weighted by atomic mass is 10.1. The zero-order chi connectivity index (χ0) is 13.4. The largest absolute Gasteiger partial charge is 0.372 e. The first kappa shape index (κ1) is 12.4. The molecule has 0 spiro atoms. The number of aryl methyl sites for hydroxylation is 1. The number of amides is 1. The van der Waals surface area contributed by atoms with E-state index in [1.165, 1.54) is 6.20 Å². The van der Waals surface area contributed by atoms with Crippen LogP contribution in [0.15, 0.2) is 23.4 Å². The summed E-state index contributed by atoms with van der Waals surface area (Å²) in [6, 6.07) is 0.187. The molecule has 1 aliphatic carbocycles. The van der Waals surface area contributed by atoms with Gasteiger partial charge in [-0.15, -0.1) is 6.58 Å². The number of aromatic nitrogens is 1. The minimum atomic E-state index is 0.0122. The van der Waals surface area contributed by atoms with E-state index in [1.54, 1.807) is 13.0 Å². The minimum Gasteiger partial charge on any atom is -0.372 e. The van der Waals surface area contributed by atoms with E-state index in [-0.39, 0.29) is 18.1 Å². The molecular formula is C14H18N2O3. The van der Waals surface area contributed by atoms with E-state index in [1.807, 2.05) is 4.90 Å². The first-order chi connectivity index (χ1) is 9.20. The number of fused-ring (bicyclic) bond motifs is 2. The summed E-state index contributed by atoms with van der Waals surface area (Å²) in [7, 11) is 0. The van der Waals surface area contributed by atoms with Gasteiger partial charge in [-0.05, 0) is 25.7 Å². The van der Waals surface area contributed by atoms with Crippen LogP contribution in [-0.4, -0.2) is 41.3 Å². The SMILES string of the molecule is C=CCOC1CC2CC1N(C(=O)c1cnoc1C)C2. The summed E-state index contributed by atoms with van der Waals surface area (Å²) in [6.45, 7) is 6.79. The molecular weight excluding hydrogens is 244 g/mol. The molecule has 0 radical (unpaired) electrons. The maximum Gasteiger partial charge on any atom is 0.259 e. The molecule has 1 aromatic heterocycles. The van der Waals surface area contributed by atoms with Crippen LogP contribution >= 0.6 is 0 Å². The monoisotopic (exact) mass is 262 g/mol. The molecule has 3 unspecified atom stereocenters. The third-order valence-electron chi connectivity index (χ3n) is 4.10. The van der Waals surface area contributed by atoms with Gasteiger partial charge in [-0.1, -0.05) is 11.2 Å². The van der Waals surface area contributed by atoms with Crippen molar-refractivity contribution in [1.29, 1.82) is 0 Å². The Morgan fingerprint density at radius 1 is 1.68 bits per heavy atom. The summed E-state index contributed by atoms with van der Waals surface area (Å²) in [4.78, 5) is 14.4. The molecule has 0 aromatic carbocycles. The fourth-order valence-electron chi connectivity index (χ4n) is 3.23. The van der Waals surface area contributed by atoms with E-state index in [2.05, 4.69) is 11.7 Å². The molecule has 0 N–H and O–H groups in total. The summed E-state index contributed by atoms with van der Waals surface area (Å²) in [5, 5.41) is 3.68. The molecule has 2 heterocycles. The molecule has 102 valence electrons.